The fourth-order valence-electron chi connectivity index (χ4n) is 1.79. The molecule has 0 spiro atoms. The van der Waals surface area contributed by atoms with E-state index in [1.807, 2.05) is 55.5 Å². The summed E-state index contributed by atoms with van der Waals surface area (Å²) >= 11 is 2.06. The van der Waals surface area contributed by atoms with Crippen LogP contribution in [0.2, 0.25) is 0 Å². The van der Waals surface area contributed by atoms with Crippen molar-refractivity contribution in [3.63, 3.8) is 0 Å². The van der Waals surface area contributed by atoms with E-state index in [2.05, 4.69) is 72.7 Å². The van der Waals surface area contributed by atoms with E-state index in [9.17, 15) is 4.79 Å². The van der Waals surface area contributed by atoms with E-state index in [4.69, 9.17) is 0 Å². The summed E-state index contributed by atoms with van der Waals surface area (Å²) in [4.78, 5) is 12.0. The first-order valence-electron chi connectivity index (χ1n) is 12.1. The second-order valence-electron chi connectivity index (χ2n) is 8.79. The van der Waals surface area contributed by atoms with E-state index in [0.29, 0.717) is 17.2 Å². The number of hydrogen-bond acceptors (Lipinski definition) is 6. The van der Waals surface area contributed by atoms with Crippen LogP contribution in [0.3, 0.4) is 0 Å². The zero-order valence-electron chi connectivity index (χ0n) is 23.4. The first kappa shape index (κ1) is 37.9. The van der Waals surface area contributed by atoms with Gasteiger partial charge in [-0.3, -0.25) is 4.79 Å². The van der Waals surface area contributed by atoms with E-state index in [0.717, 1.165) is 19.6 Å². The van der Waals surface area contributed by atoms with Crippen molar-refractivity contribution >= 4 is 18.2 Å². The number of carbonyl (C=O) groups is 1. The molecule has 0 radical (unpaired) electrons. The Morgan fingerprint density at radius 2 is 1.45 bits per heavy atom. The van der Waals surface area contributed by atoms with Crippen LogP contribution in [0.1, 0.15) is 76.2 Å². The molecular formula is C24H59N5OS. The number of carbonyl (C=O) groups excluding carboxylic acids is 1. The van der Waals surface area contributed by atoms with Crippen molar-refractivity contribution in [2.75, 3.05) is 59.1 Å². The minimum Gasteiger partial charge on any atom is -0.354 e. The monoisotopic (exact) mass is 465 g/mol. The van der Waals surface area contributed by atoms with Gasteiger partial charge in [-0.2, -0.15) is 11.8 Å². The number of amides is 1. The molecule has 0 bridgehead atoms. The highest BCUT2D eigenvalue weighted by Gasteiger charge is 2.20. The highest BCUT2D eigenvalue weighted by Crippen LogP contribution is 2.24. The molecule has 1 amide bonds. The smallest absolute Gasteiger partial charge is 0.207 e. The molecule has 2 fully saturated rings. The zero-order valence-corrected chi connectivity index (χ0v) is 24.2. The highest BCUT2D eigenvalue weighted by atomic mass is 32.2. The van der Waals surface area contributed by atoms with E-state index in [1.165, 1.54) is 25.4 Å². The van der Waals surface area contributed by atoms with Gasteiger partial charge in [0.15, 0.2) is 0 Å². The van der Waals surface area contributed by atoms with Gasteiger partial charge in [-0.1, -0.05) is 41.5 Å². The van der Waals surface area contributed by atoms with Crippen LogP contribution in [0.4, 0.5) is 0 Å². The Morgan fingerprint density at radius 3 is 1.58 bits per heavy atom. The lowest BCUT2D eigenvalue weighted by molar-refractivity contribution is -0.110. The normalized spacial score (nSPS) is 17.2. The van der Waals surface area contributed by atoms with Crippen molar-refractivity contribution in [3.8, 4) is 0 Å². The molecule has 0 aromatic rings. The third kappa shape index (κ3) is 40.5. The van der Waals surface area contributed by atoms with Crippen molar-refractivity contribution < 1.29 is 4.79 Å². The van der Waals surface area contributed by atoms with Gasteiger partial charge in [0.1, 0.15) is 0 Å². The van der Waals surface area contributed by atoms with Crippen molar-refractivity contribution in [1.82, 2.24) is 26.2 Å². The molecule has 0 saturated carbocycles. The molecule has 192 valence electrons. The number of hydrogen-bond donors (Lipinski definition) is 4. The number of nitrogens with one attached hydrogen (secondary N) is 4. The summed E-state index contributed by atoms with van der Waals surface area (Å²) in [6, 6.07) is 0.634. The van der Waals surface area contributed by atoms with Gasteiger partial charge in [0.2, 0.25) is 6.41 Å². The van der Waals surface area contributed by atoms with Crippen molar-refractivity contribution in [1.29, 1.82) is 0 Å². The molecule has 0 aromatic carbocycles. The van der Waals surface area contributed by atoms with Gasteiger partial charge < -0.3 is 26.2 Å². The maximum absolute atomic E-state index is 9.71. The standard InChI is InChI=1S/C6H13NS.C5H12N2.C5H11NO.C4H11N.2C2H6/c1-6(2)5-7-3-4-8-6;1-7-4-2-6-3-5-7;1-5(2,3)6-4-7;1-4(2)5-3;2*1-2/h7H,3-5H2,1-2H3;6H,2-5H2,1H3;4H,1-3H3,(H,6,7);4-5H,1-3H3;2*1-2H3. The van der Waals surface area contributed by atoms with Gasteiger partial charge in [-0.05, 0) is 48.7 Å². The predicted octanol–water partition coefficient (Wildman–Crippen LogP) is 3.82. The molecule has 31 heavy (non-hydrogen) atoms. The van der Waals surface area contributed by atoms with Crippen LogP contribution in [-0.4, -0.2) is 86.8 Å². The lowest BCUT2D eigenvalue weighted by Gasteiger charge is -2.29. The van der Waals surface area contributed by atoms with E-state index in [1.54, 1.807) is 0 Å². The molecule has 0 aliphatic carbocycles. The first-order valence-corrected chi connectivity index (χ1v) is 13.0. The van der Waals surface area contributed by atoms with Gasteiger partial charge in [-0.25, -0.2) is 0 Å². The first-order chi connectivity index (χ1) is 14.4. The number of rotatable bonds is 2. The molecule has 6 nitrogen and oxygen atoms in total. The number of likely N-dealkylation sites (N-methyl/N-ethyl adjacent to an activating group) is 1. The van der Waals surface area contributed by atoms with E-state index >= 15 is 0 Å². The van der Waals surface area contributed by atoms with Crippen LogP contribution in [0, 0.1) is 0 Å². The average Bonchev–Trinajstić information content (AvgIpc) is 2.72. The summed E-state index contributed by atoms with van der Waals surface area (Å²) in [5.41, 5.74) is -0.0677. The van der Waals surface area contributed by atoms with Crippen molar-refractivity contribution in [3.05, 3.63) is 0 Å². The van der Waals surface area contributed by atoms with Crippen LogP contribution in [0.5, 0.6) is 0 Å². The molecule has 0 aromatic heterocycles. The largest absolute Gasteiger partial charge is 0.354 e. The Hall–Kier alpha value is -0.340. The molecular weight excluding hydrogens is 406 g/mol. The van der Waals surface area contributed by atoms with Gasteiger partial charge in [0, 0.05) is 61.3 Å². The molecule has 0 unspecified atom stereocenters. The number of nitrogens with zero attached hydrogens (tertiary/aromatic N) is 1. The van der Waals surface area contributed by atoms with Crippen LogP contribution < -0.4 is 21.3 Å². The lowest BCUT2D eigenvalue weighted by atomic mass is 10.1. The quantitative estimate of drug-likeness (QED) is 0.465. The van der Waals surface area contributed by atoms with E-state index in [-0.39, 0.29) is 5.54 Å². The van der Waals surface area contributed by atoms with Crippen LogP contribution >= 0.6 is 11.8 Å². The fourth-order valence-corrected chi connectivity index (χ4v) is 2.80. The fraction of sp³-hybridized carbons (Fsp3) is 0.958. The van der Waals surface area contributed by atoms with Crippen LogP contribution in [-0.2, 0) is 4.79 Å². The SMILES string of the molecule is CC.CC.CC(C)(C)NC=O.CC1(C)CNCCS1.CN1CCNCC1.CNC(C)C. The highest BCUT2D eigenvalue weighted by molar-refractivity contribution is 8.00. The number of piperazine rings is 1. The Balaban J connectivity index is -0.000000150. The molecule has 7 heteroatoms. The number of thioether (sulfide) groups is 1. The molecule has 2 heterocycles. The average molecular weight is 466 g/mol. The second-order valence-corrected chi connectivity index (χ2v) is 10.6. The van der Waals surface area contributed by atoms with Gasteiger partial charge in [0.25, 0.3) is 0 Å². The summed E-state index contributed by atoms with van der Waals surface area (Å²) in [5, 5.41) is 12.3. The minimum absolute atomic E-state index is 0.0677. The summed E-state index contributed by atoms with van der Waals surface area (Å²) in [7, 11) is 4.10. The topological polar surface area (TPSA) is 68.4 Å². The van der Waals surface area contributed by atoms with Gasteiger partial charge in [-0.15, -0.1) is 0 Å². The Kier molecular flexibility index (Phi) is 31.7. The molecule has 2 aliphatic heterocycles. The predicted molar refractivity (Wildman–Crippen MR) is 146 cm³/mol. The third-order valence-corrected chi connectivity index (χ3v) is 5.07. The van der Waals surface area contributed by atoms with Crippen molar-refractivity contribution in [2.45, 2.75) is 92.5 Å². The van der Waals surface area contributed by atoms with Crippen LogP contribution in [0.25, 0.3) is 0 Å². The summed E-state index contributed by atoms with van der Waals surface area (Å²) in [5.74, 6) is 1.27. The van der Waals surface area contributed by atoms with Crippen LogP contribution in [0.15, 0.2) is 0 Å². The lowest BCUT2D eigenvalue weighted by Crippen LogP contribution is -2.40. The zero-order chi connectivity index (χ0) is 25.3. The second kappa shape index (κ2) is 25.9. The van der Waals surface area contributed by atoms with Gasteiger partial charge >= 0.3 is 0 Å². The summed E-state index contributed by atoms with van der Waals surface area (Å²) in [6.45, 7) is 29.7. The Labute approximate surface area is 200 Å². The summed E-state index contributed by atoms with van der Waals surface area (Å²) in [6.07, 6.45) is 0.708. The molecule has 2 rings (SSSR count). The molecule has 2 saturated heterocycles. The van der Waals surface area contributed by atoms with E-state index < -0.39 is 0 Å². The maximum Gasteiger partial charge on any atom is 0.207 e. The molecule has 0 atom stereocenters. The van der Waals surface area contributed by atoms with Gasteiger partial charge in [0.05, 0.1) is 0 Å². The third-order valence-electron chi connectivity index (χ3n) is 3.73. The summed E-state index contributed by atoms with van der Waals surface area (Å²) < 4.78 is 0.484. The molecule has 4 N–H and O–H groups in total. The Bertz CT molecular complexity index is 333. The van der Waals surface area contributed by atoms with Crippen molar-refractivity contribution in [2.24, 2.45) is 0 Å². The Morgan fingerprint density at radius 1 is 1.00 bits per heavy atom. The maximum atomic E-state index is 9.71. The molecule has 2 aliphatic rings. The minimum atomic E-state index is -0.0677.